The van der Waals surface area contributed by atoms with Crippen LogP contribution in [-0.4, -0.2) is 65.9 Å². The lowest BCUT2D eigenvalue weighted by Crippen LogP contribution is -2.52. The molecule has 0 amide bonds. The highest BCUT2D eigenvalue weighted by Gasteiger charge is 2.34. The Hall–Kier alpha value is -0.240. The summed E-state index contributed by atoms with van der Waals surface area (Å²) in [5.74, 6) is 0. The fourth-order valence-electron chi connectivity index (χ4n) is 1.72. The molecule has 0 spiro atoms. The lowest BCUT2D eigenvalue weighted by molar-refractivity contribution is -0.144. The Bertz CT molecular complexity index is 145. The average Bonchev–Trinajstić information content (AvgIpc) is 2.33. The van der Waals surface area contributed by atoms with Gasteiger partial charge < -0.3 is 30.4 Å². The molecule has 16 heavy (non-hydrogen) atoms. The fraction of sp³-hybridized carbons (Fsp3) is 1.00. The van der Waals surface area contributed by atoms with E-state index in [1.807, 2.05) is 0 Å². The molecule has 6 heteroatoms. The minimum absolute atomic E-state index is 0.251. The van der Waals surface area contributed by atoms with E-state index >= 15 is 0 Å². The standard InChI is InChI=1S/C10H24N2O4/c1-13-7(5-11)9(15-3)10(16-4)8(6-12)14-2/h7-10H,5-6,11-12H2,1-4H3/t7-,8-,9+,10+/m1/s1. The zero-order valence-electron chi connectivity index (χ0n) is 10.5. The topological polar surface area (TPSA) is 89.0 Å². The van der Waals surface area contributed by atoms with E-state index < -0.39 is 0 Å². The third-order valence-corrected chi connectivity index (χ3v) is 2.67. The molecule has 0 aliphatic carbocycles. The van der Waals surface area contributed by atoms with Crippen LogP contribution in [0, 0.1) is 0 Å². The smallest absolute Gasteiger partial charge is 0.113 e. The molecule has 4 atom stereocenters. The van der Waals surface area contributed by atoms with Crippen LogP contribution < -0.4 is 11.5 Å². The van der Waals surface area contributed by atoms with Crippen LogP contribution in [0.1, 0.15) is 0 Å². The number of hydrogen-bond donors (Lipinski definition) is 2. The molecule has 0 rings (SSSR count). The van der Waals surface area contributed by atoms with Crippen molar-refractivity contribution in [3.8, 4) is 0 Å². The van der Waals surface area contributed by atoms with Gasteiger partial charge in [-0.2, -0.15) is 0 Å². The first-order valence-electron chi connectivity index (χ1n) is 5.21. The number of rotatable bonds is 9. The van der Waals surface area contributed by atoms with Gasteiger partial charge in [0.05, 0.1) is 12.2 Å². The normalized spacial score (nSPS) is 19.1. The van der Waals surface area contributed by atoms with E-state index in [4.69, 9.17) is 30.4 Å². The van der Waals surface area contributed by atoms with Gasteiger partial charge in [0.1, 0.15) is 12.2 Å². The van der Waals surface area contributed by atoms with Gasteiger partial charge in [-0.1, -0.05) is 0 Å². The van der Waals surface area contributed by atoms with E-state index in [2.05, 4.69) is 0 Å². The van der Waals surface area contributed by atoms with E-state index in [0.29, 0.717) is 13.1 Å². The number of ether oxygens (including phenoxy) is 4. The molecule has 0 aromatic carbocycles. The second-order valence-corrected chi connectivity index (χ2v) is 3.42. The largest absolute Gasteiger partial charge is 0.377 e. The van der Waals surface area contributed by atoms with Crippen LogP contribution in [0.25, 0.3) is 0 Å². The Morgan fingerprint density at radius 2 is 1.00 bits per heavy atom. The van der Waals surface area contributed by atoms with Crippen molar-refractivity contribution in [3.63, 3.8) is 0 Å². The molecule has 4 N–H and O–H groups in total. The molecule has 0 aliphatic heterocycles. The molecule has 6 nitrogen and oxygen atoms in total. The molecule has 98 valence electrons. The van der Waals surface area contributed by atoms with Gasteiger partial charge in [0.15, 0.2) is 0 Å². The summed E-state index contributed by atoms with van der Waals surface area (Å²) in [6.07, 6.45) is -1.12. The zero-order valence-corrected chi connectivity index (χ0v) is 10.5. The third kappa shape index (κ3) is 3.97. The maximum Gasteiger partial charge on any atom is 0.113 e. The summed E-state index contributed by atoms with van der Waals surface area (Å²) < 4.78 is 21.2. The molecule has 0 aromatic heterocycles. The minimum Gasteiger partial charge on any atom is -0.377 e. The summed E-state index contributed by atoms with van der Waals surface area (Å²) in [5, 5.41) is 0. The maximum absolute atomic E-state index is 5.60. The van der Waals surface area contributed by atoms with Crippen molar-refractivity contribution >= 4 is 0 Å². The van der Waals surface area contributed by atoms with Crippen molar-refractivity contribution in [1.82, 2.24) is 0 Å². The van der Waals surface area contributed by atoms with Crippen LogP contribution in [0.3, 0.4) is 0 Å². The summed E-state index contributed by atoms with van der Waals surface area (Å²) in [7, 11) is 6.34. The van der Waals surface area contributed by atoms with Gasteiger partial charge in [0, 0.05) is 41.5 Å². The first kappa shape index (κ1) is 15.8. The quantitative estimate of drug-likeness (QED) is 0.532. The van der Waals surface area contributed by atoms with Crippen LogP contribution >= 0.6 is 0 Å². The summed E-state index contributed by atoms with van der Waals surface area (Å²) in [6.45, 7) is 0.686. The zero-order chi connectivity index (χ0) is 12.6. The van der Waals surface area contributed by atoms with E-state index in [1.165, 1.54) is 0 Å². The SMILES string of the molecule is CO[C@H]([C@@H](OC)[C@@H](CN)OC)[C@@H](CN)OC. The summed E-state index contributed by atoms with van der Waals surface area (Å²) >= 11 is 0. The van der Waals surface area contributed by atoms with Gasteiger partial charge in [-0.25, -0.2) is 0 Å². The Balaban J connectivity index is 4.71. The van der Waals surface area contributed by atoms with Crippen LogP contribution in [0.15, 0.2) is 0 Å². The number of methoxy groups -OCH3 is 4. The molecule has 0 fully saturated rings. The third-order valence-electron chi connectivity index (χ3n) is 2.67. The van der Waals surface area contributed by atoms with E-state index in [9.17, 15) is 0 Å². The molecule has 0 unspecified atom stereocenters. The molecule has 0 aromatic rings. The van der Waals surface area contributed by atoms with E-state index in [-0.39, 0.29) is 24.4 Å². The molecule has 0 heterocycles. The van der Waals surface area contributed by atoms with Crippen LogP contribution in [0.2, 0.25) is 0 Å². The molecule has 0 aliphatic rings. The molecule has 0 bridgehead atoms. The Labute approximate surface area is 97.2 Å². The number of hydrogen-bond acceptors (Lipinski definition) is 6. The predicted octanol–water partition coefficient (Wildman–Crippen LogP) is -1.04. The molecular weight excluding hydrogens is 212 g/mol. The first-order chi connectivity index (χ1) is 7.69. The van der Waals surface area contributed by atoms with Gasteiger partial charge in [-0.3, -0.25) is 0 Å². The van der Waals surface area contributed by atoms with Crippen molar-refractivity contribution in [2.75, 3.05) is 41.5 Å². The highest BCUT2D eigenvalue weighted by Crippen LogP contribution is 2.14. The van der Waals surface area contributed by atoms with Crippen molar-refractivity contribution in [3.05, 3.63) is 0 Å². The second kappa shape index (κ2) is 8.86. The highest BCUT2D eigenvalue weighted by atomic mass is 16.6. The maximum atomic E-state index is 5.60. The Kier molecular flexibility index (Phi) is 8.73. The molecule has 0 saturated heterocycles. The van der Waals surface area contributed by atoms with Crippen molar-refractivity contribution in [2.45, 2.75) is 24.4 Å². The summed E-state index contributed by atoms with van der Waals surface area (Å²) in [4.78, 5) is 0. The van der Waals surface area contributed by atoms with Crippen molar-refractivity contribution in [2.24, 2.45) is 11.5 Å². The molecule has 0 saturated carbocycles. The van der Waals surface area contributed by atoms with Crippen LogP contribution in [0.4, 0.5) is 0 Å². The average molecular weight is 236 g/mol. The predicted molar refractivity (Wildman–Crippen MR) is 61.3 cm³/mol. The van der Waals surface area contributed by atoms with Crippen molar-refractivity contribution in [1.29, 1.82) is 0 Å². The van der Waals surface area contributed by atoms with Gasteiger partial charge in [-0.15, -0.1) is 0 Å². The first-order valence-corrected chi connectivity index (χ1v) is 5.21. The monoisotopic (exact) mass is 236 g/mol. The van der Waals surface area contributed by atoms with Crippen LogP contribution in [0.5, 0.6) is 0 Å². The van der Waals surface area contributed by atoms with Gasteiger partial charge in [0.2, 0.25) is 0 Å². The molecule has 0 radical (unpaired) electrons. The number of nitrogens with two attached hydrogens (primary N) is 2. The summed E-state index contributed by atoms with van der Waals surface area (Å²) in [5.41, 5.74) is 11.2. The highest BCUT2D eigenvalue weighted by molar-refractivity contribution is 4.86. The van der Waals surface area contributed by atoms with Crippen molar-refractivity contribution < 1.29 is 18.9 Å². The lowest BCUT2D eigenvalue weighted by atomic mass is 10.0. The minimum atomic E-state index is -0.312. The van der Waals surface area contributed by atoms with Gasteiger partial charge in [-0.05, 0) is 0 Å². The Morgan fingerprint density at radius 1 is 0.688 bits per heavy atom. The Morgan fingerprint density at radius 3 is 1.12 bits per heavy atom. The van der Waals surface area contributed by atoms with Gasteiger partial charge in [0.25, 0.3) is 0 Å². The van der Waals surface area contributed by atoms with Crippen LogP contribution in [-0.2, 0) is 18.9 Å². The van der Waals surface area contributed by atoms with Gasteiger partial charge >= 0.3 is 0 Å². The lowest BCUT2D eigenvalue weighted by Gasteiger charge is -2.34. The summed E-state index contributed by atoms with van der Waals surface area (Å²) in [6, 6.07) is 0. The van der Waals surface area contributed by atoms with E-state index in [0.717, 1.165) is 0 Å². The second-order valence-electron chi connectivity index (χ2n) is 3.42. The fourth-order valence-corrected chi connectivity index (χ4v) is 1.72. The molecular formula is C10H24N2O4. The van der Waals surface area contributed by atoms with E-state index in [1.54, 1.807) is 28.4 Å².